The molecule has 202 valence electrons. The van der Waals surface area contributed by atoms with Crippen LogP contribution in [-0.2, 0) is 19.8 Å². The fourth-order valence-electron chi connectivity index (χ4n) is 4.53. The van der Waals surface area contributed by atoms with Gasteiger partial charge >= 0.3 is 12.1 Å². The maximum atomic E-state index is 12.4. The van der Waals surface area contributed by atoms with Crippen molar-refractivity contribution in [3.05, 3.63) is 24.4 Å². The van der Waals surface area contributed by atoms with E-state index in [1.807, 2.05) is 59.7 Å². The molecule has 0 radical (unpaired) electrons. The van der Waals surface area contributed by atoms with Crippen LogP contribution < -0.4 is 5.32 Å². The molecule has 1 N–H and O–H groups in total. The van der Waals surface area contributed by atoms with E-state index < -0.39 is 16.7 Å². The molecule has 1 unspecified atom stereocenters. The van der Waals surface area contributed by atoms with Gasteiger partial charge in [0.15, 0.2) is 0 Å². The minimum Gasteiger partial charge on any atom is -0.460 e. The fraction of sp³-hybridized carbons (Fsp3) is 0.643. The number of esters is 1. The van der Waals surface area contributed by atoms with E-state index in [9.17, 15) is 14.9 Å². The minimum atomic E-state index is -0.989. The first-order chi connectivity index (χ1) is 17.1. The second kappa shape index (κ2) is 10.6. The lowest BCUT2D eigenvalue weighted by Crippen LogP contribution is -2.48. The van der Waals surface area contributed by atoms with Crippen LogP contribution >= 0.6 is 0 Å². The van der Waals surface area contributed by atoms with Crippen molar-refractivity contribution < 1.29 is 19.1 Å². The number of likely N-dealkylation sites (tertiary alicyclic amines) is 1. The average Bonchev–Trinajstić information content (AvgIpc) is 3.20. The van der Waals surface area contributed by atoms with Gasteiger partial charge in [-0.2, -0.15) is 10.4 Å². The first-order valence-electron chi connectivity index (χ1n) is 13.0. The molecule has 9 nitrogen and oxygen atoms in total. The Labute approximate surface area is 220 Å². The summed E-state index contributed by atoms with van der Waals surface area (Å²) in [4.78, 5) is 26.5. The first kappa shape index (κ1) is 28.3. The van der Waals surface area contributed by atoms with Crippen molar-refractivity contribution in [1.82, 2.24) is 14.7 Å². The van der Waals surface area contributed by atoms with E-state index in [2.05, 4.69) is 23.4 Å². The smallest absolute Gasteiger partial charge is 0.410 e. The van der Waals surface area contributed by atoms with Crippen molar-refractivity contribution in [3.63, 3.8) is 0 Å². The van der Waals surface area contributed by atoms with Crippen LogP contribution in [-0.4, -0.2) is 57.1 Å². The zero-order chi connectivity index (χ0) is 27.6. The van der Waals surface area contributed by atoms with E-state index in [0.717, 1.165) is 23.0 Å². The number of piperidine rings is 1. The van der Waals surface area contributed by atoms with Crippen molar-refractivity contribution in [2.75, 3.05) is 18.4 Å². The van der Waals surface area contributed by atoms with Crippen LogP contribution in [0.1, 0.15) is 74.7 Å². The van der Waals surface area contributed by atoms with Crippen LogP contribution in [0.5, 0.6) is 0 Å². The lowest BCUT2D eigenvalue weighted by molar-refractivity contribution is -0.155. The SMILES string of the molecule is C[C@@H]1CN(C(=O)OC(C)(C)C)CC[C@H]1Nc1ccc2c(cnn2C(C)(C#N)CCC(=O)OC(C)(C)C)c1. The molecule has 1 aliphatic rings. The first-order valence-corrected chi connectivity index (χ1v) is 13.0. The number of anilines is 1. The number of fused-ring (bicyclic) bond motifs is 1. The maximum Gasteiger partial charge on any atom is 0.410 e. The second-order valence-electron chi connectivity index (χ2n) is 12.2. The predicted molar refractivity (Wildman–Crippen MR) is 143 cm³/mol. The van der Waals surface area contributed by atoms with Gasteiger partial charge in [0, 0.05) is 36.6 Å². The Kier molecular flexibility index (Phi) is 8.11. The van der Waals surface area contributed by atoms with Crippen molar-refractivity contribution in [2.45, 2.75) is 97.4 Å². The Morgan fingerprint density at radius 2 is 1.81 bits per heavy atom. The number of nitriles is 1. The molecule has 0 saturated carbocycles. The van der Waals surface area contributed by atoms with Crippen LogP contribution in [0.2, 0.25) is 0 Å². The molecule has 1 fully saturated rings. The summed E-state index contributed by atoms with van der Waals surface area (Å²) in [6.45, 7) is 16.3. The quantitative estimate of drug-likeness (QED) is 0.513. The molecule has 3 rings (SSSR count). The summed E-state index contributed by atoms with van der Waals surface area (Å²) in [6, 6.07) is 8.51. The van der Waals surface area contributed by atoms with Gasteiger partial charge in [-0.3, -0.25) is 4.79 Å². The number of rotatable bonds is 6. The zero-order valence-electron chi connectivity index (χ0n) is 23.4. The van der Waals surface area contributed by atoms with Gasteiger partial charge in [-0.1, -0.05) is 6.92 Å². The fourth-order valence-corrected chi connectivity index (χ4v) is 4.53. The van der Waals surface area contributed by atoms with Crippen LogP contribution in [0.25, 0.3) is 10.9 Å². The molecule has 0 aliphatic carbocycles. The number of carbonyl (C=O) groups excluding carboxylic acids is 2. The topological polar surface area (TPSA) is 109 Å². The highest BCUT2D eigenvalue weighted by atomic mass is 16.6. The Bertz CT molecular complexity index is 1170. The summed E-state index contributed by atoms with van der Waals surface area (Å²) >= 11 is 0. The van der Waals surface area contributed by atoms with Crippen LogP contribution in [0, 0.1) is 17.2 Å². The number of aromatic nitrogens is 2. The third kappa shape index (κ3) is 7.37. The molecule has 0 spiro atoms. The number of carbonyl (C=O) groups is 2. The lowest BCUT2D eigenvalue weighted by Gasteiger charge is -2.38. The van der Waals surface area contributed by atoms with Gasteiger partial charge in [-0.25, -0.2) is 9.48 Å². The van der Waals surface area contributed by atoms with Gasteiger partial charge < -0.3 is 19.7 Å². The standard InChI is InChI=1S/C28H41N5O4/c1-19-17-32(25(35)37-27(5,6)7)14-12-22(19)31-21-9-10-23-20(15-21)16-30-33(23)28(8,18-29)13-11-24(34)36-26(2,3)4/h9-10,15-16,19,22,31H,11-14,17H2,1-8H3/t19-,22-,28?/m1/s1. The third-order valence-electron chi connectivity index (χ3n) is 6.42. The molecule has 1 aliphatic heterocycles. The predicted octanol–water partition coefficient (Wildman–Crippen LogP) is 5.45. The van der Waals surface area contributed by atoms with E-state index in [1.165, 1.54) is 0 Å². The summed E-state index contributed by atoms with van der Waals surface area (Å²) in [6.07, 6.45) is 2.72. The van der Waals surface area contributed by atoms with Crippen LogP contribution in [0.4, 0.5) is 10.5 Å². The number of nitrogens with zero attached hydrogens (tertiary/aromatic N) is 4. The summed E-state index contributed by atoms with van der Waals surface area (Å²) in [5.41, 5.74) is -0.275. The Hall–Kier alpha value is -3.28. The number of hydrogen-bond acceptors (Lipinski definition) is 7. The minimum absolute atomic E-state index is 0.127. The van der Waals surface area contributed by atoms with Gasteiger partial charge in [-0.05, 0) is 85.4 Å². The molecule has 2 heterocycles. The highest BCUT2D eigenvalue weighted by molar-refractivity contribution is 5.83. The normalized spacial score (nSPS) is 20.1. The summed E-state index contributed by atoms with van der Waals surface area (Å²) in [5, 5.41) is 19.0. The Balaban J connectivity index is 1.67. The number of nitrogens with one attached hydrogen (secondary N) is 1. The van der Waals surface area contributed by atoms with Gasteiger partial charge in [0.25, 0.3) is 0 Å². The van der Waals surface area contributed by atoms with E-state index in [1.54, 1.807) is 22.7 Å². The highest BCUT2D eigenvalue weighted by Gasteiger charge is 2.32. The summed E-state index contributed by atoms with van der Waals surface area (Å²) < 4.78 is 12.6. The van der Waals surface area contributed by atoms with Gasteiger partial charge in [0.1, 0.15) is 16.7 Å². The molecule has 0 bridgehead atoms. The van der Waals surface area contributed by atoms with E-state index in [0.29, 0.717) is 19.5 Å². The largest absolute Gasteiger partial charge is 0.460 e. The van der Waals surface area contributed by atoms with Gasteiger partial charge in [-0.15, -0.1) is 0 Å². The molecular formula is C28H41N5O4. The molecule has 37 heavy (non-hydrogen) atoms. The van der Waals surface area contributed by atoms with E-state index in [4.69, 9.17) is 9.47 Å². The lowest BCUT2D eigenvalue weighted by atomic mass is 9.93. The molecule has 2 aromatic rings. The number of hydrogen-bond donors (Lipinski definition) is 1. The molecule has 1 aromatic heterocycles. The third-order valence-corrected chi connectivity index (χ3v) is 6.42. The number of amides is 1. The highest BCUT2D eigenvalue weighted by Crippen LogP contribution is 2.30. The molecule has 9 heteroatoms. The van der Waals surface area contributed by atoms with Crippen LogP contribution in [0.15, 0.2) is 24.4 Å². The Morgan fingerprint density at radius 1 is 1.14 bits per heavy atom. The Morgan fingerprint density at radius 3 is 2.41 bits per heavy atom. The van der Waals surface area contributed by atoms with E-state index >= 15 is 0 Å². The van der Waals surface area contributed by atoms with Crippen molar-refractivity contribution in [1.29, 1.82) is 5.26 Å². The molecule has 1 amide bonds. The number of ether oxygens (including phenoxy) is 2. The number of benzene rings is 1. The monoisotopic (exact) mass is 511 g/mol. The van der Waals surface area contributed by atoms with Gasteiger partial charge in [0.2, 0.25) is 0 Å². The van der Waals surface area contributed by atoms with Crippen molar-refractivity contribution >= 4 is 28.7 Å². The van der Waals surface area contributed by atoms with Crippen molar-refractivity contribution in [3.8, 4) is 6.07 Å². The second-order valence-corrected chi connectivity index (χ2v) is 12.2. The molecular weight excluding hydrogens is 470 g/mol. The summed E-state index contributed by atoms with van der Waals surface area (Å²) in [5.74, 6) is -0.0850. The molecule has 1 saturated heterocycles. The summed E-state index contributed by atoms with van der Waals surface area (Å²) in [7, 11) is 0. The van der Waals surface area contributed by atoms with Gasteiger partial charge in [0.05, 0.1) is 17.8 Å². The van der Waals surface area contributed by atoms with Crippen molar-refractivity contribution in [2.24, 2.45) is 5.92 Å². The van der Waals surface area contributed by atoms with E-state index in [-0.39, 0.29) is 30.4 Å². The average molecular weight is 512 g/mol. The molecule has 3 atom stereocenters. The zero-order valence-corrected chi connectivity index (χ0v) is 23.4. The van der Waals surface area contributed by atoms with Crippen LogP contribution in [0.3, 0.4) is 0 Å². The molecule has 1 aromatic carbocycles. The maximum absolute atomic E-state index is 12.4.